The van der Waals surface area contributed by atoms with Crippen molar-refractivity contribution >= 4 is 32.6 Å². The molecule has 0 aliphatic heterocycles. The topological polar surface area (TPSA) is 90.0 Å². The smallest absolute Gasteiger partial charge is 0.307 e. The lowest BCUT2D eigenvalue weighted by Crippen LogP contribution is -2.12. The SMILES string of the molecule is [C-]#[N+]c1cccc(Oc2ccc3c(ccn3S(=O)(=O)c3ccc(C)cc3)c2CC(=O)O)c1. The van der Waals surface area contributed by atoms with Crippen molar-refractivity contribution in [3.63, 3.8) is 0 Å². The minimum Gasteiger partial charge on any atom is -0.481 e. The molecule has 0 aliphatic carbocycles. The number of aromatic nitrogens is 1. The van der Waals surface area contributed by atoms with E-state index in [1.54, 1.807) is 54.6 Å². The molecule has 7 nitrogen and oxygen atoms in total. The quantitative estimate of drug-likeness (QED) is 0.413. The van der Waals surface area contributed by atoms with Gasteiger partial charge in [0.05, 0.1) is 23.4 Å². The summed E-state index contributed by atoms with van der Waals surface area (Å²) < 4.78 is 33.4. The number of aryl methyl sites for hydroxylation is 1. The van der Waals surface area contributed by atoms with E-state index in [1.165, 1.54) is 18.3 Å². The minimum absolute atomic E-state index is 0.136. The van der Waals surface area contributed by atoms with Crippen molar-refractivity contribution in [3.8, 4) is 11.5 Å². The summed E-state index contributed by atoms with van der Waals surface area (Å²) in [6.45, 7) is 9.01. The fourth-order valence-corrected chi connectivity index (χ4v) is 4.79. The summed E-state index contributed by atoms with van der Waals surface area (Å²) in [4.78, 5) is 15.1. The lowest BCUT2D eigenvalue weighted by Gasteiger charge is -2.13. The Morgan fingerprint density at radius 1 is 1.09 bits per heavy atom. The van der Waals surface area contributed by atoms with E-state index in [1.807, 2.05) is 6.92 Å². The van der Waals surface area contributed by atoms with Gasteiger partial charge in [-0.1, -0.05) is 29.8 Å². The molecule has 160 valence electrons. The Morgan fingerprint density at radius 2 is 1.84 bits per heavy atom. The zero-order chi connectivity index (χ0) is 22.9. The molecule has 0 radical (unpaired) electrons. The lowest BCUT2D eigenvalue weighted by molar-refractivity contribution is -0.136. The van der Waals surface area contributed by atoms with Crippen molar-refractivity contribution in [2.45, 2.75) is 18.2 Å². The normalized spacial score (nSPS) is 11.2. The predicted octanol–water partition coefficient (Wildman–Crippen LogP) is 5.16. The zero-order valence-corrected chi connectivity index (χ0v) is 17.8. The Balaban J connectivity index is 1.84. The van der Waals surface area contributed by atoms with Crippen molar-refractivity contribution in [2.75, 3.05) is 0 Å². The molecule has 3 aromatic carbocycles. The number of aliphatic carboxylic acids is 1. The number of rotatable bonds is 6. The molecule has 4 rings (SSSR count). The molecular weight excluding hydrogens is 428 g/mol. The molecule has 0 aliphatic rings. The van der Waals surface area contributed by atoms with Crippen LogP contribution in [0.1, 0.15) is 11.1 Å². The van der Waals surface area contributed by atoms with Crippen molar-refractivity contribution in [1.82, 2.24) is 3.97 Å². The van der Waals surface area contributed by atoms with Gasteiger partial charge in [-0.05, 0) is 49.4 Å². The van der Waals surface area contributed by atoms with Crippen LogP contribution in [0.25, 0.3) is 15.7 Å². The number of benzene rings is 3. The zero-order valence-electron chi connectivity index (χ0n) is 17.0. The molecule has 0 saturated carbocycles. The van der Waals surface area contributed by atoms with E-state index < -0.39 is 16.0 Å². The molecule has 0 atom stereocenters. The molecular formula is C24H18N2O5S. The van der Waals surface area contributed by atoms with Gasteiger partial charge in [0.2, 0.25) is 0 Å². The van der Waals surface area contributed by atoms with Gasteiger partial charge in [0.25, 0.3) is 10.0 Å². The summed E-state index contributed by atoms with van der Waals surface area (Å²) in [5.74, 6) is -0.407. The van der Waals surface area contributed by atoms with Gasteiger partial charge in [0.15, 0.2) is 5.69 Å². The third-order valence-electron chi connectivity index (χ3n) is 4.99. The fraction of sp³-hybridized carbons (Fsp3) is 0.0833. The first-order valence-corrected chi connectivity index (χ1v) is 11.1. The third-order valence-corrected chi connectivity index (χ3v) is 6.69. The van der Waals surface area contributed by atoms with Gasteiger partial charge in [-0.25, -0.2) is 17.2 Å². The molecule has 1 heterocycles. The highest BCUT2D eigenvalue weighted by Gasteiger charge is 2.22. The van der Waals surface area contributed by atoms with E-state index in [9.17, 15) is 18.3 Å². The second kappa shape index (κ2) is 8.21. The first-order chi connectivity index (χ1) is 15.3. The van der Waals surface area contributed by atoms with Crippen LogP contribution in [-0.2, 0) is 21.2 Å². The number of hydrogen-bond donors (Lipinski definition) is 1. The summed E-state index contributed by atoms with van der Waals surface area (Å²) in [6, 6.07) is 17.7. The van der Waals surface area contributed by atoms with Crippen LogP contribution in [0, 0.1) is 13.5 Å². The van der Waals surface area contributed by atoms with E-state index >= 15 is 0 Å². The number of fused-ring (bicyclic) bond motifs is 1. The second-order valence-corrected chi connectivity index (χ2v) is 9.00. The van der Waals surface area contributed by atoms with Crippen LogP contribution in [0.3, 0.4) is 0 Å². The first kappa shape index (κ1) is 21.2. The number of nitrogens with zero attached hydrogens (tertiary/aromatic N) is 2. The maximum absolute atomic E-state index is 13.2. The average Bonchev–Trinajstić information content (AvgIpc) is 3.21. The molecule has 32 heavy (non-hydrogen) atoms. The Hall–Kier alpha value is -4.09. The summed E-state index contributed by atoms with van der Waals surface area (Å²) in [5.41, 5.74) is 2.03. The van der Waals surface area contributed by atoms with Gasteiger partial charge in [-0.15, -0.1) is 0 Å². The Labute approximate surface area is 185 Å². The summed E-state index contributed by atoms with van der Waals surface area (Å²) in [5, 5.41) is 9.91. The van der Waals surface area contributed by atoms with Crippen LogP contribution < -0.4 is 4.74 Å². The molecule has 0 fully saturated rings. The minimum atomic E-state index is -3.87. The molecule has 0 unspecified atom stereocenters. The maximum atomic E-state index is 13.2. The second-order valence-electron chi connectivity index (χ2n) is 7.19. The van der Waals surface area contributed by atoms with Crippen molar-refractivity contribution in [3.05, 3.63) is 95.5 Å². The van der Waals surface area contributed by atoms with Gasteiger partial charge in [0.1, 0.15) is 11.5 Å². The maximum Gasteiger partial charge on any atom is 0.307 e. The molecule has 4 aromatic rings. The lowest BCUT2D eigenvalue weighted by atomic mass is 10.1. The van der Waals surface area contributed by atoms with Crippen molar-refractivity contribution < 1.29 is 23.1 Å². The summed E-state index contributed by atoms with van der Waals surface area (Å²) >= 11 is 0. The van der Waals surface area contributed by atoms with E-state index in [0.29, 0.717) is 27.9 Å². The highest BCUT2D eigenvalue weighted by molar-refractivity contribution is 7.90. The molecule has 8 heteroatoms. The number of carbonyl (C=O) groups is 1. The fourth-order valence-electron chi connectivity index (χ4n) is 3.44. The summed E-state index contributed by atoms with van der Waals surface area (Å²) in [6.07, 6.45) is 1.05. The van der Waals surface area contributed by atoms with Crippen LogP contribution in [0.15, 0.2) is 77.8 Å². The number of ether oxygens (including phenoxy) is 1. The first-order valence-electron chi connectivity index (χ1n) is 9.62. The Morgan fingerprint density at radius 3 is 2.53 bits per heavy atom. The van der Waals surface area contributed by atoms with Crippen LogP contribution in [0.4, 0.5) is 5.69 Å². The van der Waals surface area contributed by atoms with Gasteiger partial charge >= 0.3 is 5.97 Å². The van der Waals surface area contributed by atoms with E-state index in [4.69, 9.17) is 11.3 Å². The van der Waals surface area contributed by atoms with E-state index in [0.717, 1.165) is 9.54 Å². The highest BCUT2D eigenvalue weighted by Crippen LogP contribution is 2.35. The van der Waals surface area contributed by atoms with E-state index in [2.05, 4.69) is 4.85 Å². The largest absolute Gasteiger partial charge is 0.481 e. The molecule has 0 saturated heterocycles. The van der Waals surface area contributed by atoms with Gasteiger partial charge in [-0.2, -0.15) is 0 Å². The van der Waals surface area contributed by atoms with Gasteiger partial charge < -0.3 is 9.84 Å². The monoisotopic (exact) mass is 446 g/mol. The van der Waals surface area contributed by atoms with Crippen LogP contribution in [0.5, 0.6) is 11.5 Å². The third kappa shape index (κ3) is 3.94. The Bertz CT molecular complexity index is 1480. The molecule has 1 N–H and O–H groups in total. The highest BCUT2D eigenvalue weighted by atomic mass is 32.2. The summed E-state index contributed by atoms with van der Waals surface area (Å²) in [7, 11) is -3.87. The number of carboxylic acid groups (broad SMARTS) is 1. The molecule has 0 amide bonds. The van der Waals surface area contributed by atoms with E-state index in [-0.39, 0.29) is 17.1 Å². The predicted molar refractivity (Wildman–Crippen MR) is 120 cm³/mol. The van der Waals surface area contributed by atoms with Crippen molar-refractivity contribution in [1.29, 1.82) is 0 Å². The van der Waals surface area contributed by atoms with Crippen LogP contribution >= 0.6 is 0 Å². The number of carboxylic acids is 1. The molecule has 1 aromatic heterocycles. The Kier molecular flexibility index (Phi) is 5.43. The van der Waals surface area contributed by atoms with Crippen LogP contribution in [0.2, 0.25) is 0 Å². The average molecular weight is 446 g/mol. The number of hydrogen-bond acceptors (Lipinski definition) is 4. The molecule has 0 spiro atoms. The van der Waals surface area contributed by atoms with Gasteiger partial charge in [-0.3, -0.25) is 4.79 Å². The van der Waals surface area contributed by atoms with Gasteiger partial charge in [0, 0.05) is 17.1 Å². The van der Waals surface area contributed by atoms with Crippen molar-refractivity contribution in [2.24, 2.45) is 0 Å². The molecule has 0 bridgehead atoms. The standard InChI is InChI=1S/C24H18N2O5S/c1-16-6-8-19(9-7-16)32(29,30)26-13-12-20-21(15-24(27)28)23(11-10-22(20)26)31-18-5-3-4-17(14-18)25-2/h3-14H,15H2,1H3,(H,27,28). The van der Waals surface area contributed by atoms with Crippen LogP contribution in [-0.4, -0.2) is 23.5 Å².